The van der Waals surface area contributed by atoms with E-state index in [-0.39, 0.29) is 11.1 Å². The van der Waals surface area contributed by atoms with Gasteiger partial charge in [0.1, 0.15) is 0 Å². The number of carbonyl (C=O) groups excluding carboxylic acids is 1. The highest BCUT2D eigenvalue weighted by molar-refractivity contribution is 5.80. The zero-order chi connectivity index (χ0) is 17.7. The minimum absolute atomic E-state index is 0.0246. The molecule has 0 spiro atoms. The number of esters is 1. The number of nitrogens with zero attached hydrogens (tertiary/aromatic N) is 2. The van der Waals surface area contributed by atoms with Gasteiger partial charge in [-0.2, -0.15) is 0 Å². The highest BCUT2D eigenvalue weighted by Crippen LogP contribution is 2.34. The Balaban J connectivity index is 3.42. The summed E-state index contributed by atoms with van der Waals surface area (Å²) in [4.78, 5) is 42.5. The lowest BCUT2D eigenvalue weighted by atomic mass is 9.95. The van der Waals surface area contributed by atoms with Crippen molar-refractivity contribution in [1.29, 1.82) is 0 Å². The van der Waals surface area contributed by atoms with Crippen molar-refractivity contribution >= 4 is 23.4 Å². The number of nitro groups is 2. The van der Waals surface area contributed by atoms with E-state index in [1.165, 1.54) is 13.0 Å². The summed E-state index contributed by atoms with van der Waals surface area (Å²) < 4.78 is 4.54. The smallest absolute Gasteiger partial charge is 0.404 e. The van der Waals surface area contributed by atoms with E-state index in [1.54, 1.807) is 0 Å². The quantitative estimate of drug-likeness (QED) is 0.449. The Morgan fingerprint density at radius 1 is 1.30 bits per heavy atom. The predicted octanol–water partition coefficient (Wildman–Crippen LogP) is 1.34. The van der Waals surface area contributed by atoms with E-state index in [4.69, 9.17) is 5.11 Å². The highest BCUT2D eigenvalue weighted by Gasteiger charge is 2.31. The number of nitrogens with one attached hydrogen (secondary N) is 1. The summed E-state index contributed by atoms with van der Waals surface area (Å²) >= 11 is 0. The molecule has 23 heavy (non-hydrogen) atoms. The zero-order valence-corrected chi connectivity index (χ0v) is 12.1. The Bertz CT molecular complexity index is 673. The molecule has 0 aliphatic rings. The summed E-state index contributed by atoms with van der Waals surface area (Å²) in [6.07, 6.45) is -1.40. The average molecular weight is 327 g/mol. The molecular formula is C12H13N3O8. The maximum Gasteiger partial charge on any atom is 0.404 e. The molecule has 0 unspecified atom stereocenters. The molecule has 1 rings (SSSR count). The van der Waals surface area contributed by atoms with Crippen molar-refractivity contribution < 1.29 is 29.3 Å². The van der Waals surface area contributed by atoms with Gasteiger partial charge in [-0.25, -0.2) is 4.79 Å². The maximum atomic E-state index is 11.8. The number of nitro benzene ring substituents is 2. The summed E-state index contributed by atoms with van der Waals surface area (Å²) in [5.41, 5.74) is -1.45. The van der Waals surface area contributed by atoms with Crippen molar-refractivity contribution in [2.45, 2.75) is 12.8 Å². The van der Waals surface area contributed by atoms with Gasteiger partial charge in [-0.3, -0.25) is 25.0 Å². The monoisotopic (exact) mass is 327 g/mol. The van der Waals surface area contributed by atoms with E-state index in [0.29, 0.717) is 0 Å². The number of benzene rings is 1. The van der Waals surface area contributed by atoms with Crippen LogP contribution in [0.4, 0.5) is 16.2 Å². The van der Waals surface area contributed by atoms with Gasteiger partial charge in [0.05, 0.1) is 22.9 Å². The van der Waals surface area contributed by atoms with E-state index in [2.05, 4.69) is 4.74 Å². The topological polar surface area (TPSA) is 162 Å². The fraction of sp³-hybridized carbons (Fsp3) is 0.333. The largest absolute Gasteiger partial charge is 0.468 e. The number of hydrogen-bond donors (Lipinski definition) is 2. The molecule has 0 aliphatic heterocycles. The van der Waals surface area contributed by atoms with Crippen molar-refractivity contribution in [2.24, 2.45) is 0 Å². The van der Waals surface area contributed by atoms with E-state index in [1.807, 2.05) is 5.32 Å². The molecule has 1 aromatic carbocycles. The van der Waals surface area contributed by atoms with Crippen LogP contribution in [0.2, 0.25) is 0 Å². The van der Waals surface area contributed by atoms with Crippen molar-refractivity contribution in [3.05, 3.63) is 43.5 Å². The molecule has 1 aromatic rings. The van der Waals surface area contributed by atoms with Gasteiger partial charge in [0.25, 0.3) is 0 Å². The molecule has 0 bridgehead atoms. The molecule has 11 nitrogen and oxygen atoms in total. The molecule has 2 N–H and O–H groups in total. The first-order valence-corrected chi connectivity index (χ1v) is 6.17. The Morgan fingerprint density at radius 2 is 1.91 bits per heavy atom. The number of amides is 1. The van der Waals surface area contributed by atoms with Crippen LogP contribution < -0.4 is 5.32 Å². The second kappa shape index (κ2) is 7.15. The Morgan fingerprint density at radius 3 is 2.35 bits per heavy atom. The lowest BCUT2D eigenvalue weighted by molar-refractivity contribution is -0.422. The third-order valence-corrected chi connectivity index (χ3v) is 3.03. The summed E-state index contributed by atoms with van der Waals surface area (Å²) in [6, 6.07) is 2.09. The van der Waals surface area contributed by atoms with Crippen molar-refractivity contribution in [3.8, 4) is 0 Å². The Labute approximate surface area is 129 Å². The maximum absolute atomic E-state index is 11.8. The molecule has 0 saturated heterocycles. The van der Waals surface area contributed by atoms with Crippen LogP contribution in [-0.2, 0) is 9.53 Å². The second-order valence-electron chi connectivity index (χ2n) is 4.48. The first-order chi connectivity index (χ1) is 10.7. The predicted molar refractivity (Wildman–Crippen MR) is 75.3 cm³/mol. The molecule has 0 heterocycles. The van der Waals surface area contributed by atoms with Gasteiger partial charge < -0.3 is 15.2 Å². The van der Waals surface area contributed by atoms with Crippen LogP contribution in [0.5, 0.6) is 0 Å². The third kappa shape index (κ3) is 4.12. The van der Waals surface area contributed by atoms with Gasteiger partial charge in [-0.15, -0.1) is 0 Å². The molecule has 11 heteroatoms. The number of carbonyl (C=O) groups is 2. The normalized spacial score (nSPS) is 11.4. The summed E-state index contributed by atoms with van der Waals surface area (Å²) in [6.45, 7) is 0.893. The lowest BCUT2D eigenvalue weighted by Crippen LogP contribution is -2.31. The Kier molecular flexibility index (Phi) is 5.54. The Hall–Kier alpha value is -3.24. The molecule has 0 saturated carbocycles. The minimum Gasteiger partial charge on any atom is -0.468 e. The molecule has 1 atom stereocenters. The molecular weight excluding hydrogens is 314 g/mol. The first-order valence-electron chi connectivity index (χ1n) is 6.17. The molecule has 124 valence electrons. The van der Waals surface area contributed by atoms with Gasteiger partial charge in [0, 0.05) is 18.2 Å². The number of carboxylic acid groups (broad SMARTS) is 1. The van der Waals surface area contributed by atoms with Crippen LogP contribution >= 0.6 is 0 Å². The van der Waals surface area contributed by atoms with Crippen molar-refractivity contribution in [2.75, 3.05) is 13.7 Å². The van der Waals surface area contributed by atoms with Crippen LogP contribution in [-0.4, -0.2) is 40.7 Å². The molecule has 0 aliphatic carbocycles. The van der Waals surface area contributed by atoms with Gasteiger partial charge in [-0.1, -0.05) is 0 Å². The number of rotatable bonds is 6. The molecule has 0 fully saturated rings. The van der Waals surface area contributed by atoms with Gasteiger partial charge >= 0.3 is 23.4 Å². The average Bonchev–Trinajstić information content (AvgIpc) is 2.45. The number of methoxy groups -OCH3 is 1. The second-order valence-corrected chi connectivity index (χ2v) is 4.48. The fourth-order valence-corrected chi connectivity index (χ4v) is 2.04. The SMILES string of the molecule is COC(=O)[C@H](CNC(=O)O)c1cc(C)c([N+](=O)[O-])c([N+](=O)[O-])c1. The standard InChI is InChI=1S/C12H13N3O8/c1-6-3-7(4-9(14(19)20)10(6)15(21)22)8(11(16)23-2)5-13-12(17)18/h3-4,8,13H,5H2,1-2H3,(H,17,18)/t8-/m1/s1. The van der Waals surface area contributed by atoms with Crippen LogP contribution in [0.15, 0.2) is 12.1 Å². The highest BCUT2D eigenvalue weighted by atomic mass is 16.6. The molecule has 0 radical (unpaired) electrons. The van der Waals surface area contributed by atoms with Crippen LogP contribution in [0, 0.1) is 27.2 Å². The van der Waals surface area contributed by atoms with Crippen LogP contribution in [0.25, 0.3) is 0 Å². The molecule has 1 amide bonds. The summed E-state index contributed by atoms with van der Waals surface area (Å²) in [5, 5.41) is 32.6. The van der Waals surface area contributed by atoms with E-state index in [9.17, 15) is 29.8 Å². The number of ether oxygens (including phenoxy) is 1. The van der Waals surface area contributed by atoms with E-state index in [0.717, 1.165) is 13.2 Å². The van der Waals surface area contributed by atoms with E-state index >= 15 is 0 Å². The third-order valence-electron chi connectivity index (χ3n) is 3.03. The van der Waals surface area contributed by atoms with Crippen LogP contribution in [0.1, 0.15) is 17.0 Å². The van der Waals surface area contributed by atoms with Crippen molar-refractivity contribution in [1.82, 2.24) is 5.32 Å². The van der Waals surface area contributed by atoms with Gasteiger partial charge in [-0.05, 0) is 18.6 Å². The van der Waals surface area contributed by atoms with Crippen LogP contribution in [0.3, 0.4) is 0 Å². The molecule has 0 aromatic heterocycles. The fourth-order valence-electron chi connectivity index (χ4n) is 2.04. The minimum atomic E-state index is -1.40. The number of hydrogen-bond acceptors (Lipinski definition) is 7. The number of aryl methyl sites for hydroxylation is 1. The van der Waals surface area contributed by atoms with Gasteiger partial charge in [0.15, 0.2) is 0 Å². The zero-order valence-electron chi connectivity index (χ0n) is 12.1. The summed E-state index contributed by atoms with van der Waals surface area (Å²) in [7, 11) is 1.07. The van der Waals surface area contributed by atoms with Gasteiger partial charge in [0.2, 0.25) is 0 Å². The van der Waals surface area contributed by atoms with E-state index < -0.39 is 45.7 Å². The van der Waals surface area contributed by atoms with Crippen molar-refractivity contribution in [3.63, 3.8) is 0 Å². The first kappa shape index (κ1) is 17.8. The summed E-state index contributed by atoms with van der Waals surface area (Å²) in [5.74, 6) is -2.00. The lowest BCUT2D eigenvalue weighted by Gasteiger charge is -2.15.